The highest BCUT2D eigenvalue weighted by molar-refractivity contribution is 7.90. The second kappa shape index (κ2) is 7.03. The first-order valence-electron chi connectivity index (χ1n) is 6.80. The molecule has 0 spiro atoms. The van der Waals surface area contributed by atoms with Crippen LogP contribution >= 0.6 is 0 Å². The Hall–Kier alpha value is -1.15. The molecule has 0 aromatic heterocycles. The van der Waals surface area contributed by atoms with Gasteiger partial charge in [0.15, 0.2) is 5.25 Å². The highest BCUT2D eigenvalue weighted by Crippen LogP contribution is 2.17. The zero-order valence-corrected chi connectivity index (χ0v) is 12.6. The first-order valence-corrected chi connectivity index (χ1v) is 8.30. The Balaban J connectivity index is 2.54. The monoisotopic (exact) mass is 306 g/mol. The van der Waals surface area contributed by atoms with Crippen molar-refractivity contribution in [1.29, 1.82) is 0 Å². The number of carbonyl (C=O) groups is 2. The van der Waals surface area contributed by atoms with Crippen LogP contribution in [0.25, 0.3) is 0 Å². The quantitative estimate of drug-likeness (QED) is 0.728. The zero-order valence-electron chi connectivity index (χ0n) is 11.8. The minimum Gasteiger partial charge on any atom is -0.480 e. The summed E-state index contributed by atoms with van der Waals surface area (Å²) in [6, 6.07) is -0.0272. The lowest BCUT2D eigenvalue weighted by Crippen LogP contribution is -2.49. The van der Waals surface area contributed by atoms with Crippen molar-refractivity contribution in [3.8, 4) is 0 Å². The largest absolute Gasteiger partial charge is 0.480 e. The van der Waals surface area contributed by atoms with Gasteiger partial charge in [-0.15, -0.1) is 0 Å². The van der Waals surface area contributed by atoms with Crippen LogP contribution in [0.5, 0.6) is 0 Å². The van der Waals surface area contributed by atoms with Gasteiger partial charge in [-0.05, 0) is 26.2 Å². The second-order valence-corrected chi connectivity index (χ2v) is 7.27. The molecule has 0 aliphatic carbocycles. The maximum atomic E-state index is 12.0. The summed E-state index contributed by atoms with van der Waals surface area (Å²) in [5.74, 6) is -1.36. The molecular weight excluding hydrogens is 284 g/mol. The number of hydrogen-bond donors (Lipinski definition) is 2. The fraction of sp³-hybridized carbons (Fsp3) is 0.833. The molecular formula is C12H22N2O5S. The topological polar surface area (TPSA) is 104 Å². The van der Waals surface area contributed by atoms with Crippen molar-refractivity contribution in [2.24, 2.45) is 0 Å². The molecule has 1 fully saturated rings. The van der Waals surface area contributed by atoms with Gasteiger partial charge in [0.2, 0.25) is 15.9 Å². The van der Waals surface area contributed by atoms with Crippen LogP contribution in [-0.2, 0) is 19.6 Å². The third-order valence-corrected chi connectivity index (χ3v) is 5.63. The minimum absolute atomic E-state index is 0.0206. The Kier molecular flexibility index (Phi) is 5.94. The van der Waals surface area contributed by atoms with Crippen LogP contribution < -0.4 is 5.32 Å². The molecule has 0 bridgehead atoms. The number of carboxylic acid groups (broad SMARTS) is 1. The van der Waals surface area contributed by atoms with Gasteiger partial charge in [-0.1, -0.05) is 6.92 Å². The van der Waals surface area contributed by atoms with Crippen molar-refractivity contribution in [3.63, 3.8) is 0 Å². The van der Waals surface area contributed by atoms with Crippen LogP contribution in [0.15, 0.2) is 0 Å². The molecule has 20 heavy (non-hydrogen) atoms. The number of piperidine rings is 1. The summed E-state index contributed by atoms with van der Waals surface area (Å²) in [4.78, 5) is 22.3. The van der Waals surface area contributed by atoms with Gasteiger partial charge in [-0.3, -0.25) is 9.59 Å². The van der Waals surface area contributed by atoms with E-state index in [1.807, 2.05) is 6.92 Å². The van der Waals surface area contributed by atoms with Gasteiger partial charge >= 0.3 is 5.97 Å². The Morgan fingerprint density at radius 2 is 1.90 bits per heavy atom. The second-order valence-electron chi connectivity index (χ2n) is 5.02. The first-order chi connectivity index (χ1) is 9.28. The van der Waals surface area contributed by atoms with E-state index >= 15 is 0 Å². The summed E-state index contributed by atoms with van der Waals surface area (Å²) >= 11 is 0. The third-order valence-electron chi connectivity index (χ3n) is 3.45. The molecule has 8 heteroatoms. The molecule has 1 saturated heterocycles. The summed E-state index contributed by atoms with van der Waals surface area (Å²) in [6.07, 6.45) is 2.27. The Morgan fingerprint density at radius 1 is 1.35 bits per heavy atom. The standard InChI is InChI=1S/C12H22N2O5S/c1-3-4-11(15)13-10-5-7-14(8-6-10)20(18,19)9(2)12(16)17/h9-10H,3-8H2,1-2H3,(H,13,15)(H,16,17). The average Bonchev–Trinajstić information content (AvgIpc) is 2.38. The van der Waals surface area contributed by atoms with E-state index in [0.29, 0.717) is 19.3 Å². The van der Waals surface area contributed by atoms with Gasteiger partial charge in [0.1, 0.15) is 0 Å². The summed E-state index contributed by atoms with van der Waals surface area (Å²) in [5, 5.41) is 10.2. The zero-order chi connectivity index (χ0) is 15.3. The van der Waals surface area contributed by atoms with E-state index in [2.05, 4.69) is 5.32 Å². The molecule has 1 amide bonds. The van der Waals surface area contributed by atoms with Crippen molar-refractivity contribution < 1.29 is 23.1 Å². The normalized spacial score (nSPS) is 19.5. The molecule has 0 radical (unpaired) electrons. The van der Waals surface area contributed by atoms with Crippen LogP contribution in [0.1, 0.15) is 39.5 Å². The molecule has 0 aromatic carbocycles. The van der Waals surface area contributed by atoms with Crippen LogP contribution in [0.4, 0.5) is 0 Å². The summed E-state index contributed by atoms with van der Waals surface area (Å²) in [5.41, 5.74) is 0. The van der Waals surface area contributed by atoms with Crippen molar-refractivity contribution in [1.82, 2.24) is 9.62 Å². The molecule has 0 saturated carbocycles. The maximum Gasteiger partial charge on any atom is 0.323 e. The number of sulfonamides is 1. The fourth-order valence-electron chi connectivity index (χ4n) is 2.13. The highest BCUT2D eigenvalue weighted by Gasteiger charge is 2.36. The number of hydrogen-bond acceptors (Lipinski definition) is 4. The lowest BCUT2D eigenvalue weighted by atomic mass is 10.1. The number of amides is 1. The molecule has 116 valence electrons. The first kappa shape index (κ1) is 16.9. The van der Waals surface area contributed by atoms with E-state index in [-0.39, 0.29) is 25.0 Å². The Labute approximate surface area is 119 Å². The third kappa shape index (κ3) is 4.17. The minimum atomic E-state index is -3.80. The molecule has 1 unspecified atom stereocenters. The van der Waals surface area contributed by atoms with E-state index in [9.17, 15) is 18.0 Å². The van der Waals surface area contributed by atoms with Gasteiger partial charge in [0, 0.05) is 25.6 Å². The molecule has 1 atom stereocenters. The van der Waals surface area contributed by atoms with E-state index < -0.39 is 21.2 Å². The Bertz CT molecular complexity index is 454. The Morgan fingerprint density at radius 3 is 2.35 bits per heavy atom. The molecule has 1 heterocycles. The van der Waals surface area contributed by atoms with Gasteiger partial charge in [0.05, 0.1) is 0 Å². The predicted octanol–water partition coefficient (Wildman–Crippen LogP) is 0.170. The summed E-state index contributed by atoms with van der Waals surface area (Å²) in [6.45, 7) is 3.59. The van der Waals surface area contributed by atoms with Crippen molar-refractivity contribution in [2.75, 3.05) is 13.1 Å². The van der Waals surface area contributed by atoms with Crippen molar-refractivity contribution >= 4 is 21.9 Å². The lowest BCUT2D eigenvalue weighted by molar-refractivity contribution is -0.136. The highest BCUT2D eigenvalue weighted by atomic mass is 32.2. The molecule has 0 aromatic rings. The number of carbonyl (C=O) groups excluding carboxylic acids is 1. The number of nitrogens with zero attached hydrogens (tertiary/aromatic N) is 1. The van der Waals surface area contributed by atoms with E-state index in [1.165, 1.54) is 11.2 Å². The number of carboxylic acids is 1. The SMILES string of the molecule is CCCC(=O)NC1CCN(S(=O)(=O)C(C)C(=O)O)CC1. The molecule has 7 nitrogen and oxygen atoms in total. The van der Waals surface area contributed by atoms with E-state index in [1.54, 1.807) is 0 Å². The lowest BCUT2D eigenvalue weighted by Gasteiger charge is -2.32. The van der Waals surface area contributed by atoms with E-state index in [4.69, 9.17) is 5.11 Å². The molecule has 1 rings (SSSR count). The van der Waals surface area contributed by atoms with Crippen LogP contribution in [0, 0.1) is 0 Å². The van der Waals surface area contributed by atoms with E-state index in [0.717, 1.165) is 6.42 Å². The maximum absolute atomic E-state index is 12.0. The van der Waals surface area contributed by atoms with Gasteiger partial charge < -0.3 is 10.4 Å². The van der Waals surface area contributed by atoms with Gasteiger partial charge in [-0.25, -0.2) is 12.7 Å². The average molecular weight is 306 g/mol. The van der Waals surface area contributed by atoms with Gasteiger partial charge in [-0.2, -0.15) is 0 Å². The van der Waals surface area contributed by atoms with Crippen LogP contribution in [0.3, 0.4) is 0 Å². The smallest absolute Gasteiger partial charge is 0.323 e. The fourth-order valence-corrected chi connectivity index (χ4v) is 3.55. The summed E-state index contributed by atoms with van der Waals surface area (Å²) < 4.78 is 25.2. The molecule has 2 N–H and O–H groups in total. The number of rotatable bonds is 6. The van der Waals surface area contributed by atoms with Crippen molar-refractivity contribution in [3.05, 3.63) is 0 Å². The predicted molar refractivity (Wildman–Crippen MR) is 73.7 cm³/mol. The van der Waals surface area contributed by atoms with Crippen LogP contribution in [-0.4, -0.2) is 54.1 Å². The number of nitrogens with one attached hydrogen (secondary N) is 1. The van der Waals surface area contributed by atoms with Crippen LogP contribution in [0.2, 0.25) is 0 Å². The van der Waals surface area contributed by atoms with Gasteiger partial charge in [0.25, 0.3) is 0 Å². The number of aliphatic carboxylic acids is 1. The molecule has 1 aliphatic heterocycles. The summed E-state index contributed by atoms with van der Waals surface area (Å²) in [7, 11) is -3.80. The molecule has 1 aliphatic rings. The van der Waals surface area contributed by atoms with Crippen molar-refractivity contribution in [2.45, 2.75) is 50.8 Å².